The fourth-order valence-electron chi connectivity index (χ4n) is 5.88. The van der Waals surface area contributed by atoms with Gasteiger partial charge in [-0.05, 0) is 41.5 Å². The van der Waals surface area contributed by atoms with Crippen LogP contribution in [0.4, 0.5) is 11.4 Å². The van der Waals surface area contributed by atoms with Gasteiger partial charge in [0.2, 0.25) is 11.8 Å². The fourth-order valence-corrected chi connectivity index (χ4v) is 5.88. The molecule has 39 heavy (non-hydrogen) atoms. The topological polar surface area (TPSA) is 127 Å². The third-order valence-corrected chi connectivity index (χ3v) is 7.43. The molecule has 3 aliphatic heterocycles. The van der Waals surface area contributed by atoms with Gasteiger partial charge >= 0.3 is 5.97 Å². The molecule has 3 heterocycles. The summed E-state index contributed by atoms with van der Waals surface area (Å²) in [6.45, 7) is 1.27. The summed E-state index contributed by atoms with van der Waals surface area (Å²) in [5.41, 5.74) is 1.84. The lowest BCUT2D eigenvalue weighted by Crippen LogP contribution is -2.44. The summed E-state index contributed by atoms with van der Waals surface area (Å²) in [5, 5.41) is 11.4. The van der Waals surface area contributed by atoms with Crippen molar-refractivity contribution >= 4 is 41.0 Å². The molecule has 2 amide bonds. The Morgan fingerprint density at radius 2 is 1.64 bits per heavy atom. The summed E-state index contributed by atoms with van der Waals surface area (Å²) < 4.78 is 5.06. The summed E-state index contributed by atoms with van der Waals surface area (Å²) >= 11 is 0. The zero-order chi connectivity index (χ0) is 27.4. The van der Waals surface area contributed by atoms with Gasteiger partial charge in [-0.2, -0.15) is 0 Å². The van der Waals surface area contributed by atoms with Crippen LogP contribution < -0.4 is 9.64 Å². The number of carbonyl (C=O) groups is 4. The highest BCUT2D eigenvalue weighted by Gasteiger charge is 2.64. The van der Waals surface area contributed by atoms with Crippen molar-refractivity contribution in [1.29, 1.82) is 0 Å². The molecule has 0 radical (unpaired) electrons. The van der Waals surface area contributed by atoms with Crippen LogP contribution in [0.1, 0.15) is 34.5 Å². The highest BCUT2D eigenvalue weighted by atomic mass is 16.6. The van der Waals surface area contributed by atoms with Gasteiger partial charge in [0.1, 0.15) is 11.8 Å². The maximum absolute atomic E-state index is 13.9. The molecule has 10 nitrogen and oxygen atoms in total. The Bertz CT molecular complexity index is 1600. The SMILES string of the molecule is CC(=O)Oc1ccc(N2C(=O)[C@@H]3[C@@H](C2=O)[C@H]2c4ccccc4C=CN2[C@@H]3C(=O)c2cccc([N+](=O)[O-])c2)cc1. The molecule has 10 heteroatoms. The van der Waals surface area contributed by atoms with E-state index < -0.39 is 52.4 Å². The molecule has 0 unspecified atom stereocenters. The Balaban J connectivity index is 1.44. The number of amides is 2. The van der Waals surface area contributed by atoms with Crippen LogP contribution in [0.3, 0.4) is 0 Å². The zero-order valence-corrected chi connectivity index (χ0v) is 20.6. The number of carbonyl (C=O) groups excluding carboxylic acids is 4. The number of nitro benzene ring substituents is 1. The summed E-state index contributed by atoms with van der Waals surface area (Å²) in [6.07, 6.45) is 3.56. The van der Waals surface area contributed by atoms with Gasteiger partial charge in [-0.25, -0.2) is 4.90 Å². The number of Topliss-reactive ketones (excluding diaryl/α,β-unsaturated/α-hetero) is 1. The molecule has 3 aromatic carbocycles. The largest absolute Gasteiger partial charge is 0.427 e. The number of nitrogens with zero attached hydrogens (tertiary/aromatic N) is 3. The number of hydrogen-bond donors (Lipinski definition) is 0. The number of ketones is 1. The molecule has 6 rings (SSSR count). The average molecular weight is 524 g/mol. The maximum atomic E-state index is 13.9. The van der Waals surface area contributed by atoms with E-state index >= 15 is 0 Å². The van der Waals surface area contributed by atoms with Crippen molar-refractivity contribution in [3.8, 4) is 5.75 Å². The minimum atomic E-state index is -1.05. The van der Waals surface area contributed by atoms with Crippen LogP contribution in [0.25, 0.3) is 6.08 Å². The molecule has 2 saturated heterocycles. The molecular weight excluding hydrogens is 502 g/mol. The molecule has 0 aromatic heterocycles. The molecule has 3 aromatic rings. The number of fused-ring (bicyclic) bond motifs is 5. The molecule has 3 aliphatic rings. The number of imide groups is 1. The molecule has 2 fully saturated rings. The Kier molecular flexibility index (Phi) is 5.60. The number of esters is 1. The number of anilines is 1. The van der Waals surface area contributed by atoms with Gasteiger partial charge in [0, 0.05) is 30.8 Å². The van der Waals surface area contributed by atoms with Crippen LogP contribution in [-0.2, 0) is 14.4 Å². The average Bonchev–Trinajstić information content (AvgIpc) is 3.41. The second kappa shape index (κ2) is 9.02. The van der Waals surface area contributed by atoms with Crippen molar-refractivity contribution in [1.82, 2.24) is 4.90 Å². The predicted molar refractivity (Wildman–Crippen MR) is 138 cm³/mol. The van der Waals surface area contributed by atoms with E-state index in [-0.39, 0.29) is 17.0 Å². The van der Waals surface area contributed by atoms with Crippen molar-refractivity contribution < 1.29 is 28.8 Å². The molecule has 0 N–H and O–H groups in total. The maximum Gasteiger partial charge on any atom is 0.308 e. The van der Waals surface area contributed by atoms with E-state index in [0.29, 0.717) is 5.69 Å². The molecule has 194 valence electrons. The summed E-state index contributed by atoms with van der Waals surface area (Å²) in [6, 6.07) is 17.3. The van der Waals surface area contributed by atoms with E-state index in [4.69, 9.17) is 4.74 Å². The van der Waals surface area contributed by atoms with Crippen molar-refractivity contribution in [2.45, 2.75) is 19.0 Å². The molecule has 0 saturated carbocycles. The van der Waals surface area contributed by atoms with Crippen LogP contribution >= 0.6 is 0 Å². The fraction of sp³-hybridized carbons (Fsp3) is 0.172. The first-order valence-electron chi connectivity index (χ1n) is 12.3. The normalized spacial score (nSPS) is 22.8. The Labute approximate surface area is 222 Å². The Morgan fingerprint density at radius 1 is 0.923 bits per heavy atom. The van der Waals surface area contributed by atoms with Gasteiger partial charge in [0.25, 0.3) is 5.69 Å². The summed E-state index contributed by atoms with van der Waals surface area (Å²) in [4.78, 5) is 66.7. The number of rotatable bonds is 5. The summed E-state index contributed by atoms with van der Waals surface area (Å²) in [7, 11) is 0. The first-order chi connectivity index (χ1) is 18.8. The van der Waals surface area contributed by atoms with Crippen molar-refractivity contribution in [2.24, 2.45) is 11.8 Å². The monoisotopic (exact) mass is 523 g/mol. The lowest BCUT2D eigenvalue weighted by atomic mass is 9.83. The first kappa shape index (κ1) is 24.2. The van der Waals surface area contributed by atoms with Crippen LogP contribution in [0, 0.1) is 22.0 Å². The van der Waals surface area contributed by atoms with Gasteiger partial charge in [0.15, 0.2) is 5.78 Å². The third kappa shape index (κ3) is 3.80. The van der Waals surface area contributed by atoms with E-state index in [1.54, 1.807) is 11.1 Å². The Hall–Kier alpha value is -5.12. The summed E-state index contributed by atoms with van der Waals surface area (Å²) in [5.74, 6) is -3.57. The van der Waals surface area contributed by atoms with Gasteiger partial charge in [-0.3, -0.25) is 29.3 Å². The molecule has 0 aliphatic carbocycles. The second-order valence-electron chi connectivity index (χ2n) is 9.60. The van der Waals surface area contributed by atoms with Gasteiger partial charge in [0.05, 0.1) is 28.5 Å². The van der Waals surface area contributed by atoms with E-state index in [1.165, 1.54) is 55.5 Å². The number of ether oxygens (including phenoxy) is 1. The Morgan fingerprint density at radius 3 is 2.36 bits per heavy atom. The van der Waals surface area contributed by atoms with E-state index in [2.05, 4.69) is 0 Å². The zero-order valence-electron chi connectivity index (χ0n) is 20.6. The van der Waals surface area contributed by atoms with Gasteiger partial charge in [-0.1, -0.05) is 36.4 Å². The standard InChI is InChI=1S/C29H21N3O7/c1-16(33)39-21-11-9-19(10-12-21)31-28(35)23-24(29(31)36)26(27(34)18-6-4-7-20(15-18)32(37)38)30-14-13-17-5-2-3-8-22(17)25(23)30/h2-15,23-26H,1H3/t23-,24-,25-,26+/m1/s1. The smallest absolute Gasteiger partial charge is 0.308 e. The van der Waals surface area contributed by atoms with Crippen molar-refractivity contribution in [2.75, 3.05) is 4.90 Å². The van der Waals surface area contributed by atoms with E-state index in [1.807, 2.05) is 30.3 Å². The molecule has 0 spiro atoms. The van der Waals surface area contributed by atoms with Crippen LogP contribution in [-0.4, -0.2) is 39.4 Å². The van der Waals surface area contributed by atoms with Gasteiger partial charge < -0.3 is 9.64 Å². The molecule has 0 bridgehead atoms. The first-order valence-corrected chi connectivity index (χ1v) is 12.3. The van der Waals surface area contributed by atoms with Crippen LogP contribution in [0.5, 0.6) is 5.75 Å². The minimum absolute atomic E-state index is 0.0882. The predicted octanol–water partition coefficient (Wildman–Crippen LogP) is 3.92. The quantitative estimate of drug-likeness (QED) is 0.123. The second-order valence-corrected chi connectivity index (χ2v) is 9.60. The number of benzene rings is 3. The lowest BCUT2D eigenvalue weighted by molar-refractivity contribution is -0.384. The minimum Gasteiger partial charge on any atom is -0.427 e. The lowest BCUT2D eigenvalue weighted by Gasteiger charge is -2.35. The van der Waals surface area contributed by atoms with Crippen LogP contribution in [0.2, 0.25) is 0 Å². The van der Waals surface area contributed by atoms with Crippen molar-refractivity contribution in [3.63, 3.8) is 0 Å². The highest BCUT2D eigenvalue weighted by molar-refractivity contribution is 6.24. The van der Waals surface area contributed by atoms with Gasteiger partial charge in [-0.15, -0.1) is 0 Å². The van der Waals surface area contributed by atoms with E-state index in [9.17, 15) is 29.3 Å². The number of nitro groups is 1. The highest BCUT2D eigenvalue weighted by Crippen LogP contribution is 2.53. The third-order valence-electron chi connectivity index (χ3n) is 7.43. The number of non-ortho nitro benzene ring substituents is 1. The molecular formula is C29H21N3O7. The number of hydrogen-bond acceptors (Lipinski definition) is 8. The van der Waals surface area contributed by atoms with Crippen LogP contribution in [0.15, 0.2) is 79.0 Å². The van der Waals surface area contributed by atoms with Crippen molar-refractivity contribution in [3.05, 3.63) is 106 Å². The van der Waals surface area contributed by atoms with E-state index in [0.717, 1.165) is 16.0 Å². The molecule has 4 atom stereocenters.